The van der Waals surface area contributed by atoms with Gasteiger partial charge in [0.25, 0.3) is 0 Å². The van der Waals surface area contributed by atoms with Crippen molar-refractivity contribution in [2.24, 2.45) is 0 Å². The average molecular weight is 276 g/mol. The first kappa shape index (κ1) is 15.4. The molecule has 0 aromatic carbocycles. The maximum Gasteiger partial charge on any atom is 0.305 e. The Hall–Kier alpha value is -1.67. The average Bonchev–Trinajstić information content (AvgIpc) is 2.55. The van der Waals surface area contributed by atoms with Crippen LogP contribution < -0.4 is 0 Å². The summed E-state index contributed by atoms with van der Waals surface area (Å²) in [5, 5.41) is 9.16. The normalized spacial score (nSPS) is 29.7. The second-order valence-electron chi connectivity index (χ2n) is 3.98. The van der Waals surface area contributed by atoms with Gasteiger partial charge in [-0.3, -0.25) is 14.4 Å². The number of ether oxygens (including phenoxy) is 4. The Bertz CT molecular complexity index is 366. The number of rotatable bonds is 4. The molecule has 0 amide bonds. The van der Waals surface area contributed by atoms with Crippen LogP contribution in [0.2, 0.25) is 0 Å². The molecule has 8 nitrogen and oxygen atoms in total. The van der Waals surface area contributed by atoms with Gasteiger partial charge >= 0.3 is 17.9 Å². The molecule has 0 aromatic heterocycles. The lowest BCUT2D eigenvalue weighted by Crippen LogP contribution is -2.41. The number of aliphatic hydroxyl groups excluding tert-OH is 1. The predicted octanol–water partition coefficient (Wildman–Crippen LogP) is -0.870. The SMILES string of the molecule is CC(=O)O[C@H]1O[C@@H](CO)[C@@H](OC(C)=O)[C@@H]1OC(C)=O. The van der Waals surface area contributed by atoms with Gasteiger partial charge in [-0.25, -0.2) is 0 Å². The molecule has 0 unspecified atom stereocenters. The van der Waals surface area contributed by atoms with Gasteiger partial charge in [0.1, 0.15) is 6.10 Å². The van der Waals surface area contributed by atoms with Gasteiger partial charge in [0.2, 0.25) is 12.4 Å². The lowest BCUT2D eigenvalue weighted by molar-refractivity contribution is -0.196. The van der Waals surface area contributed by atoms with Crippen LogP contribution in [-0.2, 0) is 33.3 Å². The minimum atomic E-state index is -1.22. The molecule has 1 saturated heterocycles. The van der Waals surface area contributed by atoms with Crippen LogP contribution in [0, 0.1) is 0 Å². The van der Waals surface area contributed by atoms with Gasteiger partial charge in [0.05, 0.1) is 6.61 Å². The fraction of sp³-hybridized carbons (Fsp3) is 0.727. The monoisotopic (exact) mass is 276 g/mol. The molecule has 0 aliphatic carbocycles. The first-order valence-corrected chi connectivity index (χ1v) is 5.63. The summed E-state index contributed by atoms with van der Waals surface area (Å²) in [7, 11) is 0. The molecule has 1 N–H and O–H groups in total. The standard InChI is InChI=1S/C11H16O8/c1-5(13)16-9-8(4-12)19-11(18-7(3)15)10(9)17-6(2)14/h8-12H,4H2,1-3H3/t8-,9+,10-,11-/m0/s1. The van der Waals surface area contributed by atoms with Crippen molar-refractivity contribution in [3.8, 4) is 0 Å². The van der Waals surface area contributed by atoms with Crippen LogP contribution in [0.4, 0.5) is 0 Å². The summed E-state index contributed by atoms with van der Waals surface area (Å²) in [5.41, 5.74) is 0. The number of hydrogen-bond acceptors (Lipinski definition) is 8. The lowest BCUT2D eigenvalue weighted by atomic mass is 10.1. The van der Waals surface area contributed by atoms with Gasteiger partial charge in [-0.15, -0.1) is 0 Å². The van der Waals surface area contributed by atoms with E-state index in [0.29, 0.717) is 0 Å². The molecule has 8 heteroatoms. The third-order valence-electron chi connectivity index (χ3n) is 2.33. The largest absolute Gasteiger partial charge is 0.455 e. The molecule has 108 valence electrons. The molecule has 0 aromatic rings. The van der Waals surface area contributed by atoms with Gasteiger partial charge < -0.3 is 24.1 Å². The van der Waals surface area contributed by atoms with E-state index in [4.69, 9.17) is 24.1 Å². The van der Waals surface area contributed by atoms with E-state index in [1.807, 2.05) is 0 Å². The van der Waals surface area contributed by atoms with Crippen molar-refractivity contribution < 1.29 is 38.4 Å². The van der Waals surface area contributed by atoms with Crippen LogP contribution >= 0.6 is 0 Å². The highest BCUT2D eigenvalue weighted by molar-refractivity contribution is 5.68. The first-order valence-electron chi connectivity index (χ1n) is 5.63. The van der Waals surface area contributed by atoms with Crippen LogP contribution in [-0.4, -0.2) is 54.2 Å². The summed E-state index contributed by atoms with van der Waals surface area (Å²) in [6.07, 6.45) is -4.29. The number of carbonyl (C=O) groups is 3. The minimum Gasteiger partial charge on any atom is -0.455 e. The molecule has 0 saturated carbocycles. The zero-order valence-corrected chi connectivity index (χ0v) is 10.8. The molecule has 0 spiro atoms. The molecule has 4 atom stereocenters. The Morgan fingerprint density at radius 2 is 1.42 bits per heavy atom. The van der Waals surface area contributed by atoms with Crippen LogP contribution in [0.5, 0.6) is 0 Å². The van der Waals surface area contributed by atoms with Crippen LogP contribution in [0.15, 0.2) is 0 Å². The molecule has 0 bridgehead atoms. The van der Waals surface area contributed by atoms with E-state index in [2.05, 4.69) is 0 Å². The van der Waals surface area contributed by atoms with Crippen LogP contribution in [0.25, 0.3) is 0 Å². The molecule has 1 fully saturated rings. The quantitative estimate of drug-likeness (QED) is 0.521. The summed E-state index contributed by atoms with van der Waals surface area (Å²) in [6.45, 7) is 3.00. The number of hydrogen-bond donors (Lipinski definition) is 1. The Morgan fingerprint density at radius 1 is 0.947 bits per heavy atom. The van der Waals surface area contributed by atoms with E-state index in [9.17, 15) is 14.4 Å². The van der Waals surface area contributed by atoms with E-state index in [1.54, 1.807) is 0 Å². The smallest absolute Gasteiger partial charge is 0.305 e. The third-order valence-corrected chi connectivity index (χ3v) is 2.33. The second-order valence-corrected chi connectivity index (χ2v) is 3.98. The minimum absolute atomic E-state index is 0.479. The maximum atomic E-state index is 11.0. The van der Waals surface area contributed by atoms with Gasteiger partial charge in [-0.2, -0.15) is 0 Å². The van der Waals surface area contributed by atoms with Crippen molar-refractivity contribution in [3.63, 3.8) is 0 Å². The number of esters is 3. The van der Waals surface area contributed by atoms with Gasteiger partial charge in [-0.1, -0.05) is 0 Å². The Labute approximate surface area is 109 Å². The van der Waals surface area contributed by atoms with Crippen molar-refractivity contribution in [2.45, 2.75) is 45.4 Å². The molecular formula is C11H16O8. The van der Waals surface area contributed by atoms with E-state index < -0.39 is 49.1 Å². The zero-order chi connectivity index (χ0) is 14.6. The highest BCUT2D eigenvalue weighted by Crippen LogP contribution is 2.27. The fourth-order valence-electron chi connectivity index (χ4n) is 1.75. The Kier molecular flexibility index (Phi) is 5.25. The van der Waals surface area contributed by atoms with Crippen molar-refractivity contribution in [1.29, 1.82) is 0 Å². The molecule has 1 aliphatic heterocycles. The number of carbonyl (C=O) groups excluding carboxylic acids is 3. The second kappa shape index (κ2) is 6.48. The van der Waals surface area contributed by atoms with E-state index >= 15 is 0 Å². The summed E-state index contributed by atoms with van der Waals surface area (Å²) in [5.74, 6) is -1.93. The lowest BCUT2D eigenvalue weighted by Gasteiger charge is -2.22. The maximum absolute atomic E-state index is 11.0. The molecule has 1 rings (SSSR count). The Morgan fingerprint density at radius 3 is 1.84 bits per heavy atom. The van der Waals surface area contributed by atoms with E-state index in [1.165, 1.54) is 6.92 Å². The van der Waals surface area contributed by atoms with Crippen molar-refractivity contribution in [2.75, 3.05) is 6.61 Å². The van der Waals surface area contributed by atoms with Crippen LogP contribution in [0.1, 0.15) is 20.8 Å². The van der Waals surface area contributed by atoms with Crippen molar-refractivity contribution >= 4 is 17.9 Å². The molecular weight excluding hydrogens is 260 g/mol. The van der Waals surface area contributed by atoms with Gasteiger partial charge in [0.15, 0.2) is 6.10 Å². The van der Waals surface area contributed by atoms with Crippen molar-refractivity contribution in [1.82, 2.24) is 0 Å². The molecule has 0 radical (unpaired) electrons. The first-order chi connectivity index (χ1) is 8.85. The fourth-order valence-corrected chi connectivity index (χ4v) is 1.75. The van der Waals surface area contributed by atoms with Gasteiger partial charge in [-0.05, 0) is 0 Å². The topological polar surface area (TPSA) is 108 Å². The zero-order valence-electron chi connectivity index (χ0n) is 10.8. The van der Waals surface area contributed by atoms with Crippen LogP contribution in [0.3, 0.4) is 0 Å². The van der Waals surface area contributed by atoms with E-state index in [0.717, 1.165) is 13.8 Å². The van der Waals surface area contributed by atoms with E-state index in [-0.39, 0.29) is 0 Å². The molecule has 19 heavy (non-hydrogen) atoms. The predicted molar refractivity (Wildman–Crippen MR) is 58.6 cm³/mol. The highest BCUT2D eigenvalue weighted by atomic mass is 16.7. The summed E-state index contributed by atoms with van der Waals surface area (Å²) in [4.78, 5) is 33.0. The summed E-state index contributed by atoms with van der Waals surface area (Å²) in [6, 6.07) is 0. The van der Waals surface area contributed by atoms with Gasteiger partial charge in [0, 0.05) is 20.8 Å². The van der Waals surface area contributed by atoms with Crippen molar-refractivity contribution in [3.05, 3.63) is 0 Å². The Balaban J connectivity index is 2.90. The molecule has 1 heterocycles. The molecule has 1 aliphatic rings. The third kappa shape index (κ3) is 4.18. The summed E-state index contributed by atoms with van der Waals surface area (Å²) >= 11 is 0. The number of aliphatic hydroxyl groups is 1. The highest BCUT2D eigenvalue weighted by Gasteiger charge is 2.50. The summed E-state index contributed by atoms with van der Waals surface area (Å²) < 4.78 is 19.9.